The minimum absolute atomic E-state index is 0.176. The summed E-state index contributed by atoms with van der Waals surface area (Å²) >= 11 is 6.36. The van der Waals surface area contributed by atoms with E-state index in [0.717, 1.165) is 29.3 Å². The van der Waals surface area contributed by atoms with Crippen LogP contribution in [0, 0.1) is 0 Å². The Morgan fingerprint density at radius 2 is 1.92 bits per heavy atom. The van der Waals surface area contributed by atoms with Crippen molar-refractivity contribution in [1.82, 2.24) is 34.7 Å². The topological polar surface area (TPSA) is 133 Å². The van der Waals surface area contributed by atoms with Crippen LogP contribution in [0.2, 0.25) is 5.02 Å². The second-order valence-electron chi connectivity index (χ2n) is 8.61. The first-order valence-electron chi connectivity index (χ1n) is 11.2. The van der Waals surface area contributed by atoms with Crippen LogP contribution in [-0.2, 0) is 0 Å². The number of hydrogen-bond acceptors (Lipinski definition) is 7. The van der Waals surface area contributed by atoms with Gasteiger partial charge in [-0.2, -0.15) is 15.3 Å². The SMILES string of the molecule is O=C(Nc1cnc(-n2nccn2)c(Cl)c1)c1cnn(-c2cnc3c4c(cccc24)C(=O)N3)c1C1CC1. The summed E-state index contributed by atoms with van der Waals surface area (Å²) in [6.07, 6.45) is 9.71. The minimum atomic E-state index is -0.318. The lowest BCUT2D eigenvalue weighted by Gasteiger charge is -2.12. The molecule has 2 aliphatic rings. The zero-order valence-corrected chi connectivity index (χ0v) is 19.3. The molecule has 0 radical (unpaired) electrons. The summed E-state index contributed by atoms with van der Waals surface area (Å²) in [5.41, 5.74) is 3.00. The quantitative estimate of drug-likeness (QED) is 0.378. The number of benzene rings is 1. The van der Waals surface area contributed by atoms with Crippen molar-refractivity contribution in [2.75, 3.05) is 10.6 Å². The van der Waals surface area contributed by atoms with E-state index in [1.54, 1.807) is 29.2 Å². The number of anilines is 2. The van der Waals surface area contributed by atoms with Gasteiger partial charge in [0.25, 0.3) is 11.8 Å². The van der Waals surface area contributed by atoms with Crippen LogP contribution in [0.1, 0.15) is 45.2 Å². The number of pyridine rings is 2. The maximum absolute atomic E-state index is 13.3. The minimum Gasteiger partial charge on any atom is -0.320 e. The van der Waals surface area contributed by atoms with Crippen molar-refractivity contribution in [2.45, 2.75) is 18.8 Å². The maximum Gasteiger partial charge on any atom is 0.259 e. The summed E-state index contributed by atoms with van der Waals surface area (Å²) in [5, 5.41) is 20.2. The number of rotatable bonds is 5. The number of nitrogens with one attached hydrogen (secondary N) is 2. The molecule has 176 valence electrons. The van der Waals surface area contributed by atoms with Gasteiger partial charge >= 0.3 is 0 Å². The average Bonchev–Trinajstić information content (AvgIpc) is 3.26. The van der Waals surface area contributed by atoms with Gasteiger partial charge in [-0.15, -0.1) is 4.80 Å². The largest absolute Gasteiger partial charge is 0.320 e. The molecule has 4 aromatic heterocycles. The Labute approximate surface area is 208 Å². The fourth-order valence-corrected chi connectivity index (χ4v) is 4.79. The molecule has 0 bridgehead atoms. The van der Waals surface area contributed by atoms with Crippen LogP contribution in [0.25, 0.3) is 22.3 Å². The molecule has 2 N–H and O–H groups in total. The average molecular weight is 498 g/mol. The Morgan fingerprint density at radius 1 is 1.08 bits per heavy atom. The molecular weight excluding hydrogens is 482 g/mol. The Hall–Kier alpha value is -4.64. The zero-order chi connectivity index (χ0) is 24.4. The molecule has 11 nitrogen and oxygen atoms in total. The van der Waals surface area contributed by atoms with E-state index >= 15 is 0 Å². The molecule has 0 unspecified atom stereocenters. The van der Waals surface area contributed by atoms with Crippen molar-refractivity contribution >= 4 is 45.7 Å². The van der Waals surface area contributed by atoms with Crippen molar-refractivity contribution in [1.29, 1.82) is 0 Å². The van der Waals surface area contributed by atoms with E-state index in [1.807, 2.05) is 12.1 Å². The molecule has 0 spiro atoms. The second-order valence-corrected chi connectivity index (χ2v) is 9.01. The van der Waals surface area contributed by atoms with E-state index in [-0.39, 0.29) is 17.7 Å². The molecule has 0 saturated heterocycles. The van der Waals surface area contributed by atoms with Crippen LogP contribution >= 0.6 is 11.6 Å². The number of carbonyl (C=O) groups is 2. The molecule has 7 rings (SSSR count). The van der Waals surface area contributed by atoms with Gasteiger partial charge in [0.15, 0.2) is 5.82 Å². The molecule has 1 saturated carbocycles. The van der Waals surface area contributed by atoms with Crippen LogP contribution in [-0.4, -0.2) is 46.6 Å². The van der Waals surface area contributed by atoms with Gasteiger partial charge in [-0.25, -0.2) is 14.6 Å². The zero-order valence-electron chi connectivity index (χ0n) is 18.5. The highest BCUT2D eigenvalue weighted by Crippen LogP contribution is 2.44. The van der Waals surface area contributed by atoms with Crippen LogP contribution in [0.4, 0.5) is 11.5 Å². The standard InChI is InChI=1S/C24H16ClN9O2/c25-17-8-13(9-27-22(17)34-28-6-7-29-34)31-24(36)16-10-30-33(20(16)12-4-5-12)18-11-26-21-19-14(18)2-1-3-15(19)23(35)32-21/h1-3,6-12H,4-5H2,(H,31,36)(H,26,32,35). The molecule has 12 heteroatoms. The maximum atomic E-state index is 13.3. The Bertz CT molecular complexity index is 1710. The molecule has 5 aromatic rings. The smallest absolute Gasteiger partial charge is 0.259 e. The van der Waals surface area contributed by atoms with E-state index in [4.69, 9.17) is 11.6 Å². The fourth-order valence-electron chi connectivity index (χ4n) is 4.55. The first-order chi connectivity index (χ1) is 17.6. The van der Waals surface area contributed by atoms with Crippen molar-refractivity contribution in [3.63, 3.8) is 0 Å². The third-order valence-electron chi connectivity index (χ3n) is 6.30. The normalized spacial score (nSPS) is 14.3. The van der Waals surface area contributed by atoms with Gasteiger partial charge in [0.1, 0.15) is 5.82 Å². The lowest BCUT2D eigenvalue weighted by atomic mass is 10.1. The van der Waals surface area contributed by atoms with Crippen LogP contribution in [0.3, 0.4) is 0 Å². The van der Waals surface area contributed by atoms with Gasteiger partial charge in [-0.3, -0.25) is 9.59 Å². The van der Waals surface area contributed by atoms with E-state index < -0.39 is 0 Å². The summed E-state index contributed by atoms with van der Waals surface area (Å²) in [5.74, 6) is 0.599. The molecule has 1 aliphatic carbocycles. The number of halogens is 1. The Balaban J connectivity index is 1.26. The molecule has 2 amide bonds. The molecular formula is C24H16ClN9O2. The van der Waals surface area contributed by atoms with Gasteiger partial charge < -0.3 is 10.6 Å². The number of aromatic nitrogens is 7. The van der Waals surface area contributed by atoms with Crippen molar-refractivity contribution < 1.29 is 9.59 Å². The Kier molecular flexibility index (Phi) is 4.42. The van der Waals surface area contributed by atoms with Gasteiger partial charge in [-0.1, -0.05) is 23.7 Å². The van der Waals surface area contributed by atoms with E-state index in [9.17, 15) is 9.59 Å². The lowest BCUT2D eigenvalue weighted by Crippen LogP contribution is -2.15. The number of amides is 2. The summed E-state index contributed by atoms with van der Waals surface area (Å²) in [6, 6.07) is 7.14. The third kappa shape index (κ3) is 3.17. The molecule has 5 heterocycles. The third-order valence-corrected chi connectivity index (χ3v) is 6.58. The molecule has 1 fully saturated rings. The number of nitrogens with zero attached hydrogens (tertiary/aromatic N) is 7. The second kappa shape index (κ2) is 7.68. The number of hydrogen-bond donors (Lipinski definition) is 2. The van der Waals surface area contributed by atoms with Gasteiger partial charge in [0, 0.05) is 16.7 Å². The van der Waals surface area contributed by atoms with Crippen LogP contribution in [0.15, 0.2) is 55.2 Å². The van der Waals surface area contributed by atoms with Crippen molar-refractivity contribution in [3.05, 3.63) is 77.1 Å². The highest BCUT2D eigenvalue weighted by atomic mass is 35.5. The molecule has 36 heavy (non-hydrogen) atoms. The molecule has 1 aromatic carbocycles. The predicted molar refractivity (Wildman–Crippen MR) is 131 cm³/mol. The van der Waals surface area contributed by atoms with Crippen LogP contribution < -0.4 is 10.6 Å². The lowest BCUT2D eigenvalue weighted by molar-refractivity contribution is 0.102. The highest BCUT2D eigenvalue weighted by Gasteiger charge is 2.34. The Morgan fingerprint density at radius 3 is 2.69 bits per heavy atom. The summed E-state index contributed by atoms with van der Waals surface area (Å²) in [6.45, 7) is 0. The predicted octanol–water partition coefficient (Wildman–Crippen LogP) is 3.75. The number of carbonyl (C=O) groups excluding carboxylic acids is 2. The van der Waals surface area contributed by atoms with E-state index in [1.165, 1.54) is 23.4 Å². The first-order valence-corrected chi connectivity index (χ1v) is 11.6. The summed E-state index contributed by atoms with van der Waals surface area (Å²) < 4.78 is 1.77. The van der Waals surface area contributed by atoms with Crippen molar-refractivity contribution in [3.8, 4) is 11.5 Å². The highest BCUT2D eigenvalue weighted by molar-refractivity contribution is 6.32. The van der Waals surface area contributed by atoms with E-state index in [2.05, 4.69) is 35.9 Å². The summed E-state index contributed by atoms with van der Waals surface area (Å²) in [7, 11) is 0. The molecule has 1 aliphatic heterocycles. The van der Waals surface area contributed by atoms with Gasteiger partial charge in [0.2, 0.25) is 0 Å². The van der Waals surface area contributed by atoms with Gasteiger partial charge in [0.05, 0.1) is 64.2 Å². The monoisotopic (exact) mass is 497 g/mol. The van der Waals surface area contributed by atoms with E-state index in [0.29, 0.717) is 39.2 Å². The summed E-state index contributed by atoms with van der Waals surface area (Å²) in [4.78, 5) is 35.7. The fraction of sp³-hybridized carbons (Fsp3) is 0.125. The van der Waals surface area contributed by atoms with Crippen molar-refractivity contribution in [2.24, 2.45) is 0 Å². The van der Waals surface area contributed by atoms with Crippen LogP contribution in [0.5, 0.6) is 0 Å². The molecule has 0 atom stereocenters. The van der Waals surface area contributed by atoms with Gasteiger partial charge in [-0.05, 0) is 25.0 Å². The first kappa shape index (κ1) is 20.7.